The molecule has 126 valence electrons. The van der Waals surface area contributed by atoms with Crippen LogP contribution in [0.5, 0.6) is 0 Å². The maximum Gasteiger partial charge on any atom is 0.0579 e. The molecule has 0 N–H and O–H groups in total. The van der Waals surface area contributed by atoms with E-state index >= 15 is 0 Å². The van der Waals surface area contributed by atoms with E-state index < -0.39 is 0 Å². The van der Waals surface area contributed by atoms with Crippen molar-refractivity contribution in [2.24, 2.45) is 0 Å². The molecule has 0 spiro atoms. The minimum atomic E-state index is 0.401. The highest BCUT2D eigenvalue weighted by Gasteiger charge is 2.27. The SMILES string of the molecule is c1ccc(Cc2cccc([C@@H]3CCCN3Cc3ccccn3)n2)cc1. The van der Waals surface area contributed by atoms with Gasteiger partial charge in [0.2, 0.25) is 0 Å². The van der Waals surface area contributed by atoms with Crippen molar-refractivity contribution in [2.75, 3.05) is 6.54 Å². The lowest BCUT2D eigenvalue weighted by molar-refractivity contribution is 0.241. The monoisotopic (exact) mass is 329 g/mol. The summed E-state index contributed by atoms with van der Waals surface area (Å²) in [6.07, 6.45) is 5.16. The second-order valence-electron chi connectivity index (χ2n) is 6.67. The third-order valence-corrected chi connectivity index (χ3v) is 4.85. The Hall–Kier alpha value is -2.52. The summed E-state index contributed by atoms with van der Waals surface area (Å²) in [4.78, 5) is 12.0. The van der Waals surface area contributed by atoms with Crippen LogP contribution in [0.2, 0.25) is 0 Å². The maximum absolute atomic E-state index is 4.98. The Morgan fingerprint density at radius 2 is 1.72 bits per heavy atom. The van der Waals surface area contributed by atoms with Gasteiger partial charge in [-0.05, 0) is 49.2 Å². The molecule has 3 nitrogen and oxygen atoms in total. The first kappa shape index (κ1) is 16.0. The maximum atomic E-state index is 4.98. The molecule has 1 aliphatic heterocycles. The van der Waals surface area contributed by atoms with Crippen LogP contribution in [0.15, 0.2) is 72.9 Å². The third kappa shape index (κ3) is 3.94. The van der Waals surface area contributed by atoms with Crippen molar-refractivity contribution in [1.82, 2.24) is 14.9 Å². The summed E-state index contributed by atoms with van der Waals surface area (Å²) in [5.41, 5.74) is 4.79. The summed E-state index contributed by atoms with van der Waals surface area (Å²) in [6.45, 7) is 2.02. The molecule has 0 amide bonds. The summed E-state index contributed by atoms with van der Waals surface area (Å²) in [7, 11) is 0. The van der Waals surface area contributed by atoms with E-state index in [1.54, 1.807) is 0 Å². The highest BCUT2D eigenvalue weighted by Crippen LogP contribution is 2.32. The van der Waals surface area contributed by atoms with E-state index in [9.17, 15) is 0 Å². The average molecular weight is 329 g/mol. The van der Waals surface area contributed by atoms with E-state index in [0.717, 1.165) is 30.9 Å². The number of hydrogen-bond donors (Lipinski definition) is 0. The van der Waals surface area contributed by atoms with Crippen LogP contribution in [-0.2, 0) is 13.0 Å². The second kappa shape index (κ2) is 7.58. The molecule has 1 aromatic carbocycles. The minimum absolute atomic E-state index is 0.401. The highest BCUT2D eigenvalue weighted by molar-refractivity contribution is 5.24. The van der Waals surface area contributed by atoms with Crippen molar-refractivity contribution >= 4 is 0 Å². The zero-order valence-electron chi connectivity index (χ0n) is 14.4. The Bertz CT molecular complexity index is 802. The summed E-state index contributed by atoms with van der Waals surface area (Å²) in [5, 5.41) is 0. The fourth-order valence-corrected chi connectivity index (χ4v) is 3.64. The molecule has 4 rings (SSSR count). The van der Waals surface area contributed by atoms with E-state index in [1.165, 1.54) is 24.1 Å². The normalized spacial score (nSPS) is 17.7. The van der Waals surface area contributed by atoms with Crippen molar-refractivity contribution < 1.29 is 0 Å². The Balaban J connectivity index is 1.51. The quantitative estimate of drug-likeness (QED) is 0.694. The molecule has 1 atom stereocenters. The topological polar surface area (TPSA) is 29.0 Å². The number of nitrogens with zero attached hydrogens (tertiary/aromatic N) is 3. The van der Waals surface area contributed by atoms with Gasteiger partial charge in [0.05, 0.1) is 17.4 Å². The van der Waals surface area contributed by atoms with Crippen molar-refractivity contribution in [1.29, 1.82) is 0 Å². The van der Waals surface area contributed by atoms with E-state index in [2.05, 4.69) is 70.5 Å². The number of hydrogen-bond acceptors (Lipinski definition) is 3. The Morgan fingerprint density at radius 3 is 2.56 bits per heavy atom. The van der Waals surface area contributed by atoms with Gasteiger partial charge in [0.25, 0.3) is 0 Å². The standard InChI is InChI=1S/C22H23N3/c1-2-8-18(9-3-1)16-19-11-6-12-21(24-19)22-13-7-15-25(22)17-20-10-4-5-14-23-20/h1-6,8-12,14,22H,7,13,15-17H2/t22-/m0/s1. The molecule has 0 saturated carbocycles. The number of benzene rings is 1. The molecule has 1 saturated heterocycles. The Morgan fingerprint density at radius 1 is 0.880 bits per heavy atom. The van der Waals surface area contributed by atoms with Gasteiger partial charge >= 0.3 is 0 Å². The average Bonchev–Trinajstić information content (AvgIpc) is 3.12. The lowest BCUT2D eigenvalue weighted by Crippen LogP contribution is -2.24. The molecule has 1 aliphatic rings. The first-order valence-electron chi connectivity index (χ1n) is 9.02. The summed E-state index contributed by atoms with van der Waals surface area (Å²) >= 11 is 0. The molecule has 3 heterocycles. The third-order valence-electron chi connectivity index (χ3n) is 4.85. The number of pyridine rings is 2. The van der Waals surface area contributed by atoms with Crippen LogP contribution in [0.25, 0.3) is 0 Å². The summed E-state index contributed by atoms with van der Waals surface area (Å²) in [6, 6.07) is 23.6. The van der Waals surface area contributed by atoms with Gasteiger partial charge in [-0.2, -0.15) is 0 Å². The van der Waals surface area contributed by atoms with Gasteiger partial charge in [-0.1, -0.05) is 42.5 Å². The molecule has 3 heteroatoms. The molecule has 0 aliphatic carbocycles. The van der Waals surface area contributed by atoms with Gasteiger partial charge in [0, 0.05) is 24.9 Å². The lowest BCUT2D eigenvalue weighted by Gasteiger charge is -2.24. The van der Waals surface area contributed by atoms with Crippen LogP contribution in [0.1, 0.15) is 41.5 Å². The Labute approximate surface area is 149 Å². The van der Waals surface area contributed by atoms with E-state index in [4.69, 9.17) is 4.98 Å². The van der Waals surface area contributed by atoms with Crippen molar-refractivity contribution in [3.05, 3.63) is 95.6 Å². The molecule has 0 bridgehead atoms. The van der Waals surface area contributed by atoms with Gasteiger partial charge in [-0.15, -0.1) is 0 Å². The zero-order chi connectivity index (χ0) is 16.9. The Kier molecular flexibility index (Phi) is 4.84. The van der Waals surface area contributed by atoms with Gasteiger partial charge in [0.15, 0.2) is 0 Å². The van der Waals surface area contributed by atoms with E-state index in [1.807, 2.05) is 12.3 Å². The van der Waals surface area contributed by atoms with Crippen LogP contribution in [0.3, 0.4) is 0 Å². The zero-order valence-corrected chi connectivity index (χ0v) is 14.4. The molecule has 3 aromatic rings. The van der Waals surface area contributed by atoms with Crippen LogP contribution in [0, 0.1) is 0 Å². The van der Waals surface area contributed by atoms with Crippen molar-refractivity contribution in [3.8, 4) is 0 Å². The fraction of sp³-hybridized carbons (Fsp3) is 0.273. The molecule has 0 unspecified atom stereocenters. The first-order valence-corrected chi connectivity index (χ1v) is 9.02. The molecule has 2 aromatic heterocycles. The second-order valence-corrected chi connectivity index (χ2v) is 6.67. The predicted molar refractivity (Wildman–Crippen MR) is 100 cm³/mol. The predicted octanol–water partition coefficient (Wildman–Crippen LogP) is 4.40. The molecular weight excluding hydrogens is 306 g/mol. The van der Waals surface area contributed by atoms with Crippen LogP contribution >= 0.6 is 0 Å². The van der Waals surface area contributed by atoms with Crippen molar-refractivity contribution in [2.45, 2.75) is 31.8 Å². The van der Waals surface area contributed by atoms with Crippen LogP contribution < -0.4 is 0 Å². The molecular formula is C22H23N3. The molecule has 1 fully saturated rings. The van der Waals surface area contributed by atoms with Crippen LogP contribution in [-0.4, -0.2) is 21.4 Å². The number of rotatable bonds is 5. The largest absolute Gasteiger partial charge is 0.289 e. The van der Waals surface area contributed by atoms with Gasteiger partial charge in [-0.3, -0.25) is 14.9 Å². The van der Waals surface area contributed by atoms with Crippen molar-refractivity contribution in [3.63, 3.8) is 0 Å². The smallest absolute Gasteiger partial charge is 0.0579 e. The minimum Gasteiger partial charge on any atom is -0.289 e. The molecule has 0 radical (unpaired) electrons. The van der Waals surface area contributed by atoms with E-state index in [-0.39, 0.29) is 0 Å². The first-order chi connectivity index (χ1) is 12.4. The highest BCUT2D eigenvalue weighted by atomic mass is 15.2. The molecule has 25 heavy (non-hydrogen) atoms. The lowest BCUT2D eigenvalue weighted by atomic mass is 10.1. The van der Waals surface area contributed by atoms with Gasteiger partial charge in [-0.25, -0.2) is 0 Å². The van der Waals surface area contributed by atoms with Gasteiger partial charge < -0.3 is 0 Å². The number of aromatic nitrogens is 2. The fourth-order valence-electron chi connectivity index (χ4n) is 3.64. The van der Waals surface area contributed by atoms with Gasteiger partial charge in [0.1, 0.15) is 0 Å². The van der Waals surface area contributed by atoms with E-state index in [0.29, 0.717) is 6.04 Å². The number of likely N-dealkylation sites (tertiary alicyclic amines) is 1. The summed E-state index contributed by atoms with van der Waals surface area (Å²) < 4.78 is 0. The van der Waals surface area contributed by atoms with Crippen LogP contribution in [0.4, 0.5) is 0 Å². The summed E-state index contributed by atoms with van der Waals surface area (Å²) in [5.74, 6) is 0.